The molecule has 0 heteroatoms. The Bertz CT molecular complexity index is 702. The standard InChI is InChI=1S/C22H18/c1-3-9-19(10-4-1)15-17-21-13-7-8-14-22(21)18-16-20-11-5-2-6-12-20/h1-6,9-12H,7-8,13-14H2. The van der Waals surface area contributed by atoms with Crippen LogP contribution in [0.5, 0.6) is 0 Å². The fraction of sp³-hybridized carbons (Fsp3) is 0.182. The first-order chi connectivity index (χ1) is 10.9. The average molecular weight is 282 g/mol. The highest BCUT2D eigenvalue weighted by Gasteiger charge is 2.09. The van der Waals surface area contributed by atoms with Gasteiger partial charge in [-0.1, -0.05) is 60.1 Å². The Morgan fingerprint density at radius 3 is 1.32 bits per heavy atom. The monoisotopic (exact) mass is 282 g/mol. The van der Waals surface area contributed by atoms with E-state index in [9.17, 15) is 0 Å². The summed E-state index contributed by atoms with van der Waals surface area (Å²) in [7, 11) is 0. The van der Waals surface area contributed by atoms with Crippen LogP contribution in [-0.2, 0) is 0 Å². The summed E-state index contributed by atoms with van der Waals surface area (Å²) >= 11 is 0. The lowest BCUT2D eigenvalue weighted by Gasteiger charge is -2.11. The topological polar surface area (TPSA) is 0 Å². The molecule has 0 unspecified atom stereocenters. The number of rotatable bonds is 0. The van der Waals surface area contributed by atoms with Crippen molar-refractivity contribution in [2.45, 2.75) is 25.7 Å². The predicted octanol–water partition coefficient (Wildman–Crippen LogP) is 4.96. The van der Waals surface area contributed by atoms with Crippen LogP contribution in [0.4, 0.5) is 0 Å². The van der Waals surface area contributed by atoms with E-state index < -0.39 is 0 Å². The lowest BCUT2D eigenvalue weighted by Crippen LogP contribution is -1.97. The zero-order valence-corrected chi connectivity index (χ0v) is 12.6. The van der Waals surface area contributed by atoms with Crippen molar-refractivity contribution in [1.82, 2.24) is 0 Å². The van der Waals surface area contributed by atoms with E-state index in [2.05, 4.69) is 23.7 Å². The van der Waals surface area contributed by atoms with Gasteiger partial charge in [0, 0.05) is 22.3 Å². The zero-order valence-electron chi connectivity index (χ0n) is 12.6. The molecule has 0 saturated heterocycles. The average Bonchev–Trinajstić information content (AvgIpc) is 2.61. The summed E-state index contributed by atoms with van der Waals surface area (Å²) in [4.78, 5) is 0. The van der Waals surface area contributed by atoms with Crippen LogP contribution in [0.15, 0.2) is 71.8 Å². The lowest BCUT2D eigenvalue weighted by molar-refractivity contribution is 0.700. The molecule has 2 aromatic carbocycles. The van der Waals surface area contributed by atoms with E-state index in [0.29, 0.717) is 0 Å². The van der Waals surface area contributed by atoms with Crippen molar-refractivity contribution >= 4 is 0 Å². The van der Waals surface area contributed by atoms with Gasteiger partial charge in [0.05, 0.1) is 0 Å². The molecular weight excluding hydrogens is 264 g/mol. The molecule has 1 aliphatic carbocycles. The van der Waals surface area contributed by atoms with Gasteiger partial charge in [0.1, 0.15) is 0 Å². The molecule has 0 heterocycles. The summed E-state index contributed by atoms with van der Waals surface area (Å²) < 4.78 is 0. The molecule has 2 aromatic rings. The van der Waals surface area contributed by atoms with E-state index in [1.807, 2.05) is 60.7 Å². The molecule has 0 aromatic heterocycles. The molecule has 0 amide bonds. The van der Waals surface area contributed by atoms with E-state index in [0.717, 1.165) is 24.0 Å². The minimum Gasteiger partial charge on any atom is -0.0651 e. The summed E-state index contributed by atoms with van der Waals surface area (Å²) in [6, 6.07) is 20.3. The third kappa shape index (κ3) is 3.91. The van der Waals surface area contributed by atoms with Gasteiger partial charge in [-0.05, 0) is 49.9 Å². The second-order valence-corrected chi connectivity index (χ2v) is 5.40. The minimum absolute atomic E-state index is 1.05. The molecular formula is C22H18. The van der Waals surface area contributed by atoms with Gasteiger partial charge < -0.3 is 0 Å². The van der Waals surface area contributed by atoms with Gasteiger partial charge in [-0.15, -0.1) is 0 Å². The molecule has 3 rings (SSSR count). The molecule has 0 N–H and O–H groups in total. The first-order valence-corrected chi connectivity index (χ1v) is 7.78. The minimum atomic E-state index is 1.05. The Labute approximate surface area is 132 Å². The third-order valence-corrected chi connectivity index (χ3v) is 3.73. The van der Waals surface area contributed by atoms with Crippen molar-refractivity contribution in [3.05, 3.63) is 82.9 Å². The zero-order chi connectivity index (χ0) is 15.0. The van der Waals surface area contributed by atoms with Crippen molar-refractivity contribution in [1.29, 1.82) is 0 Å². The van der Waals surface area contributed by atoms with Crippen LogP contribution >= 0.6 is 0 Å². The van der Waals surface area contributed by atoms with Crippen molar-refractivity contribution in [3.8, 4) is 23.7 Å². The molecule has 106 valence electrons. The van der Waals surface area contributed by atoms with E-state index in [1.165, 1.54) is 24.0 Å². The summed E-state index contributed by atoms with van der Waals surface area (Å²) in [5, 5.41) is 0. The lowest BCUT2D eigenvalue weighted by atomic mass is 9.92. The second-order valence-electron chi connectivity index (χ2n) is 5.40. The molecule has 0 bridgehead atoms. The second kappa shape index (κ2) is 7.35. The number of benzene rings is 2. The van der Waals surface area contributed by atoms with Gasteiger partial charge in [-0.25, -0.2) is 0 Å². The quantitative estimate of drug-likeness (QED) is 0.599. The number of allylic oxidation sites excluding steroid dienone is 2. The molecule has 0 nitrogen and oxygen atoms in total. The normalized spacial score (nSPS) is 13.6. The van der Waals surface area contributed by atoms with Crippen molar-refractivity contribution in [2.24, 2.45) is 0 Å². The number of hydrogen-bond acceptors (Lipinski definition) is 0. The molecule has 0 radical (unpaired) electrons. The van der Waals surface area contributed by atoms with Crippen LogP contribution in [0.25, 0.3) is 0 Å². The molecule has 22 heavy (non-hydrogen) atoms. The highest BCUT2D eigenvalue weighted by Crippen LogP contribution is 2.23. The third-order valence-electron chi connectivity index (χ3n) is 3.73. The maximum Gasteiger partial charge on any atom is 0.0248 e. The Hall–Kier alpha value is -2.70. The van der Waals surface area contributed by atoms with E-state index in [-0.39, 0.29) is 0 Å². The Morgan fingerprint density at radius 2 is 0.909 bits per heavy atom. The molecule has 0 saturated carbocycles. The maximum absolute atomic E-state index is 3.35. The highest BCUT2D eigenvalue weighted by atomic mass is 14.1. The van der Waals surface area contributed by atoms with Gasteiger partial charge in [0.15, 0.2) is 0 Å². The molecule has 0 aliphatic heterocycles. The van der Waals surface area contributed by atoms with Crippen LogP contribution in [0, 0.1) is 23.7 Å². The van der Waals surface area contributed by atoms with E-state index in [1.54, 1.807) is 0 Å². The predicted molar refractivity (Wildman–Crippen MR) is 92.1 cm³/mol. The molecule has 0 spiro atoms. The van der Waals surface area contributed by atoms with Gasteiger partial charge >= 0.3 is 0 Å². The van der Waals surface area contributed by atoms with E-state index >= 15 is 0 Å². The fourth-order valence-corrected chi connectivity index (χ4v) is 2.52. The maximum atomic E-state index is 3.35. The van der Waals surface area contributed by atoms with Gasteiger partial charge in [-0.2, -0.15) is 0 Å². The van der Waals surface area contributed by atoms with Gasteiger partial charge in [0.25, 0.3) is 0 Å². The summed E-state index contributed by atoms with van der Waals surface area (Å²) in [5.41, 5.74) is 4.57. The molecule has 1 aliphatic rings. The summed E-state index contributed by atoms with van der Waals surface area (Å²) in [6.45, 7) is 0. The Morgan fingerprint density at radius 1 is 0.500 bits per heavy atom. The van der Waals surface area contributed by atoms with Gasteiger partial charge in [0.2, 0.25) is 0 Å². The SMILES string of the molecule is C(#Cc1ccccc1)C1=C(C#Cc2ccccc2)CCCC1. The summed E-state index contributed by atoms with van der Waals surface area (Å²) in [6.07, 6.45) is 4.54. The molecule has 0 atom stereocenters. The van der Waals surface area contributed by atoms with Crippen LogP contribution in [0.3, 0.4) is 0 Å². The van der Waals surface area contributed by atoms with Crippen molar-refractivity contribution < 1.29 is 0 Å². The van der Waals surface area contributed by atoms with Crippen LogP contribution < -0.4 is 0 Å². The van der Waals surface area contributed by atoms with Crippen molar-refractivity contribution in [3.63, 3.8) is 0 Å². The first-order valence-electron chi connectivity index (χ1n) is 7.78. The van der Waals surface area contributed by atoms with Crippen LogP contribution in [-0.4, -0.2) is 0 Å². The van der Waals surface area contributed by atoms with Gasteiger partial charge in [-0.3, -0.25) is 0 Å². The van der Waals surface area contributed by atoms with E-state index in [4.69, 9.17) is 0 Å². The van der Waals surface area contributed by atoms with Crippen LogP contribution in [0.2, 0.25) is 0 Å². The number of hydrogen-bond donors (Lipinski definition) is 0. The summed E-state index contributed by atoms with van der Waals surface area (Å²) in [5.74, 6) is 13.2. The Balaban J connectivity index is 1.88. The first kappa shape index (κ1) is 14.2. The van der Waals surface area contributed by atoms with Crippen LogP contribution in [0.1, 0.15) is 36.8 Å². The molecule has 0 fully saturated rings. The van der Waals surface area contributed by atoms with Crippen molar-refractivity contribution in [2.75, 3.05) is 0 Å². The largest absolute Gasteiger partial charge is 0.0651 e. The smallest absolute Gasteiger partial charge is 0.0248 e. The Kier molecular flexibility index (Phi) is 4.76. The fourth-order valence-electron chi connectivity index (χ4n) is 2.52. The highest BCUT2D eigenvalue weighted by molar-refractivity contribution is 5.50.